The third-order valence-electron chi connectivity index (χ3n) is 6.71. The van der Waals surface area contributed by atoms with Gasteiger partial charge in [0.05, 0.1) is 10.7 Å². The molecule has 2 aliphatic rings. The van der Waals surface area contributed by atoms with Gasteiger partial charge >= 0.3 is 0 Å². The number of fused-ring (bicyclic) bond motifs is 1. The van der Waals surface area contributed by atoms with Gasteiger partial charge in [0, 0.05) is 43.3 Å². The molecule has 7 heteroatoms. The molecule has 0 spiro atoms. The van der Waals surface area contributed by atoms with Crippen molar-refractivity contribution >= 4 is 23.4 Å². The van der Waals surface area contributed by atoms with Crippen LogP contribution in [0.4, 0.5) is 0 Å². The Bertz CT molecular complexity index is 1250. The first-order chi connectivity index (χ1) is 16.6. The van der Waals surface area contributed by atoms with Crippen molar-refractivity contribution in [3.63, 3.8) is 0 Å². The maximum Gasteiger partial charge on any atom is 0.258 e. The Morgan fingerprint density at radius 2 is 2.06 bits per heavy atom. The van der Waals surface area contributed by atoms with Gasteiger partial charge in [-0.2, -0.15) is 0 Å². The summed E-state index contributed by atoms with van der Waals surface area (Å²) in [6.07, 6.45) is 9.67. The van der Waals surface area contributed by atoms with Crippen molar-refractivity contribution in [3.05, 3.63) is 92.6 Å². The first-order valence-corrected chi connectivity index (χ1v) is 12.2. The summed E-state index contributed by atoms with van der Waals surface area (Å²) < 4.78 is 7.45. The van der Waals surface area contributed by atoms with Gasteiger partial charge in [-0.05, 0) is 73.2 Å². The summed E-state index contributed by atoms with van der Waals surface area (Å²) in [5.74, 6) is 0.525. The number of hydrogen-bond acceptors (Lipinski definition) is 5. The molecule has 34 heavy (non-hydrogen) atoms. The molecule has 1 fully saturated rings. The fourth-order valence-corrected chi connectivity index (χ4v) is 4.97. The number of ether oxygens (including phenoxy) is 1. The average Bonchev–Trinajstić information content (AvgIpc) is 3.30. The predicted octanol–water partition coefficient (Wildman–Crippen LogP) is 4.34. The molecule has 1 aliphatic carbocycles. The number of benzene rings is 1. The fraction of sp³-hybridized carbons (Fsp3) is 0.333. The lowest BCUT2D eigenvalue weighted by Gasteiger charge is -2.24. The number of pyridine rings is 2. The number of halogens is 1. The van der Waals surface area contributed by atoms with Gasteiger partial charge in [-0.25, -0.2) is 0 Å². The Hall–Kier alpha value is -2.93. The summed E-state index contributed by atoms with van der Waals surface area (Å²) in [4.78, 5) is 19.5. The lowest BCUT2D eigenvalue weighted by atomic mass is 9.93. The van der Waals surface area contributed by atoms with Crippen molar-refractivity contribution in [1.82, 2.24) is 14.5 Å². The second kappa shape index (κ2) is 10.1. The van der Waals surface area contributed by atoms with Crippen molar-refractivity contribution in [1.29, 1.82) is 0 Å². The average molecular weight is 477 g/mol. The van der Waals surface area contributed by atoms with Gasteiger partial charge in [0.25, 0.3) is 5.56 Å². The SMILES string of the molecule is NC[C@@H]1CCCN1Cc1ccc2c(c1)CCC(n1ccc(OCc3ccc(Cl)cn3)cc1=O)=C2. The Balaban J connectivity index is 1.28. The van der Waals surface area contributed by atoms with Crippen molar-refractivity contribution in [3.8, 4) is 5.75 Å². The number of nitrogens with two attached hydrogens (primary N) is 1. The molecule has 2 aromatic heterocycles. The van der Waals surface area contributed by atoms with Gasteiger partial charge in [0.2, 0.25) is 0 Å². The van der Waals surface area contributed by atoms with Crippen LogP contribution in [0, 0.1) is 0 Å². The van der Waals surface area contributed by atoms with Gasteiger partial charge in [0.1, 0.15) is 12.4 Å². The van der Waals surface area contributed by atoms with E-state index in [0.717, 1.165) is 43.9 Å². The number of rotatable bonds is 7. The molecular formula is C27H29ClN4O2. The van der Waals surface area contributed by atoms with E-state index < -0.39 is 0 Å². The Labute approximate surface area is 204 Å². The molecular weight excluding hydrogens is 448 g/mol. The molecule has 3 aromatic rings. The summed E-state index contributed by atoms with van der Waals surface area (Å²) in [6.45, 7) is 3.09. The summed E-state index contributed by atoms with van der Waals surface area (Å²) in [5, 5.41) is 0.580. The molecule has 0 bridgehead atoms. The highest BCUT2D eigenvalue weighted by Crippen LogP contribution is 2.28. The first kappa shape index (κ1) is 22.8. The topological polar surface area (TPSA) is 73.4 Å². The van der Waals surface area contributed by atoms with Crippen LogP contribution in [-0.4, -0.2) is 33.6 Å². The summed E-state index contributed by atoms with van der Waals surface area (Å²) in [5.41, 5.74) is 11.4. The number of likely N-dealkylation sites (tertiary alicyclic amines) is 1. The van der Waals surface area contributed by atoms with Crippen molar-refractivity contribution < 1.29 is 4.74 Å². The molecule has 5 rings (SSSR count). The van der Waals surface area contributed by atoms with Gasteiger partial charge in [-0.15, -0.1) is 0 Å². The largest absolute Gasteiger partial charge is 0.487 e. The molecule has 3 heterocycles. The van der Waals surface area contributed by atoms with Crippen LogP contribution >= 0.6 is 11.6 Å². The Kier molecular flexibility index (Phi) is 6.81. The predicted molar refractivity (Wildman–Crippen MR) is 136 cm³/mol. The van der Waals surface area contributed by atoms with E-state index in [1.165, 1.54) is 35.6 Å². The van der Waals surface area contributed by atoms with Crippen LogP contribution in [-0.2, 0) is 19.6 Å². The molecule has 0 saturated carbocycles. The van der Waals surface area contributed by atoms with E-state index in [0.29, 0.717) is 16.8 Å². The highest BCUT2D eigenvalue weighted by molar-refractivity contribution is 6.30. The number of aromatic nitrogens is 2. The van der Waals surface area contributed by atoms with E-state index in [4.69, 9.17) is 22.1 Å². The van der Waals surface area contributed by atoms with Crippen molar-refractivity contribution in [2.45, 2.75) is 44.9 Å². The summed E-state index contributed by atoms with van der Waals surface area (Å²) in [7, 11) is 0. The standard InChI is InChI=1S/C27H29ClN4O2/c28-22-6-7-23(30-16-22)18-34-26-9-11-32(27(33)14-26)24-8-5-20-12-19(3-4-21(20)13-24)17-31-10-1-2-25(31)15-29/h3-4,6-7,9,11-14,16,25H,1-2,5,8,10,15,17-18,29H2/t25-/m0/s1. The van der Waals surface area contributed by atoms with Crippen LogP contribution in [0.25, 0.3) is 11.8 Å². The highest BCUT2D eigenvalue weighted by atomic mass is 35.5. The van der Waals surface area contributed by atoms with Gasteiger partial charge in [-0.3, -0.25) is 19.2 Å². The van der Waals surface area contributed by atoms with Gasteiger partial charge in [0.15, 0.2) is 0 Å². The quantitative estimate of drug-likeness (QED) is 0.549. The second-order valence-corrected chi connectivity index (χ2v) is 9.43. The monoisotopic (exact) mass is 476 g/mol. The van der Waals surface area contributed by atoms with Gasteiger partial charge in [-0.1, -0.05) is 29.8 Å². The zero-order valence-corrected chi connectivity index (χ0v) is 19.9. The Morgan fingerprint density at radius 3 is 2.85 bits per heavy atom. The third kappa shape index (κ3) is 5.09. The van der Waals surface area contributed by atoms with E-state index in [9.17, 15) is 4.79 Å². The van der Waals surface area contributed by atoms with E-state index in [-0.39, 0.29) is 12.2 Å². The molecule has 0 amide bonds. The smallest absolute Gasteiger partial charge is 0.258 e. The van der Waals surface area contributed by atoms with E-state index in [2.05, 4.69) is 34.2 Å². The van der Waals surface area contributed by atoms with Crippen LogP contribution in [0.5, 0.6) is 5.75 Å². The van der Waals surface area contributed by atoms with Crippen LogP contribution in [0.15, 0.2) is 59.7 Å². The molecule has 0 unspecified atom stereocenters. The number of allylic oxidation sites excluding steroid dienone is 1. The lowest BCUT2D eigenvalue weighted by molar-refractivity contribution is 0.250. The van der Waals surface area contributed by atoms with Crippen LogP contribution in [0.2, 0.25) is 5.02 Å². The van der Waals surface area contributed by atoms with Crippen molar-refractivity contribution in [2.75, 3.05) is 13.1 Å². The second-order valence-electron chi connectivity index (χ2n) is 9.00. The number of aryl methyl sites for hydroxylation is 1. The van der Waals surface area contributed by atoms with Gasteiger partial charge < -0.3 is 10.5 Å². The Morgan fingerprint density at radius 1 is 1.15 bits per heavy atom. The minimum Gasteiger partial charge on any atom is -0.487 e. The molecule has 1 saturated heterocycles. The van der Waals surface area contributed by atoms with Crippen LogP contribution in [0.3, 0.4) is 0 Å². The van der Waals surface area contributed by atoms with E-state index in [1.807, 2.05) is 6.07 Å². The number of nitrogens with zero attached hydrogens (tertiary/aromatic N) is 3. The van der Waals surface area contributed by atoms with E-state index >= 15 is 0 Å². The minimum absolute atomic E-state index is 0.102. The van der Waals surface area contributed by atoms with Crippen LogP contribution in [0.1, 0.15) is 41.6 Å². The van der Waals surface area contributed by atoms with Crippen molar-refractivity contribution in [2.24, 2.45) is 5.73 Å². The highest BCUT2D eigenvalue weighted by Gasteiger charge is 2.23. The molecule has 2 N–H and O–H groups in total. The normalized spacial score (nSPS) is 17.9. The molecule has 1 atom stereocenters. The maximum absolute atomic E-state index is 12.8. The van der Waals surface area contributed by atoms with Crippen LogP contribution < -0.4 is 16.0 Å². The zero-order chi connectivity index (χ0) is 23.5. The maximum atomic E-state index is 12.8. The number of hydrogen-bond donors (Lipinski definition) is 1. The summed E-state index contributed by atoms with van der Waals surface area (Å²) >= 11 is 5.87. The fourth-order valence-electron chi connectivity index (χ4n) is 4.86. The lowest BCUT2D eigenvalue weighted by Crippen LogP contribution is -2.34. The third-order valence-corrected chi connectivity index (χ3v) is 6.94. The molecule has 0 radical (unpaired) electrons. The molecule has 176 valence electrons. The molecule has 1 aromatic carbocycles. The summed E-state index contributed by atoms with van der Waals surface area (Å²) in [6, 6.07) is 14.1. The molecule has 1 aliphatic heterocycles. The van der Waals surface area contributed by atoms with E-state index in [1.54, 1.807) is 29.1 Å². The molecule has 6 nitrogen and oxygen atoms in total. The minimum atomic E-state index is -0.102. The first-order valence-electron chi connectivity index (χ1n) is 11.8. The zero-order valence-electron chi connectivity index (χ0n) is 19.1.